The van der Waals surface area contributed by atoms with E-state index in [-0.39, 0.29) is 0 Å². The average molecular weight is 191 g/mol. The van der Waals surface area contributed by atoms with Crippen molar-refractivity contribution < 1.29 is 31.3 Å². The molecule has 0 unspecified atom stereocenters. The zero-order chi connectivity index (χ0) is 9.99. The van der Waals surface area contributed by atoms with E-state index in [4.69, 9.17) is 0 Å². The van der Waals surface area contributed by atoms with E-state index in [0.717, 1.165) is 0 Å². The van der Waals surface area contributed by atoms with Crippen LogP contribution >= 0.6 is 0 Å². The molecule has 0 aromatic heterocycles. The fourth-order valence-electron chi connectivity index (χ4n) is 0.523. The van der Waals surface area contributed by atoms with Crippen molar-refractivity contribution in [2.45, 2.75) is 12.2 Å². The molecule has 8 heteroatoms. The summed E-state index contributed by atoms with van der Waals surface area (Å²) in [5, 5.41) is 0. The quantitative estimate of drug-likeness (QED) is 0.385. The largest absolute Gasteiger partial charge is 0.484 e. The van der Waals surface area contributed by atoms with Gasteiger partial charge in [0.2, 0.25) is 0 Å². The van der Waals surface area contributed by atoms with Crippen molar-refractivity contribution in [2.75, 3.05) is 7.11 Å². The van der Waals surface area contributed by atoms with Gasteiger partial charge in [0.05, 0.1) is 7.11 Å². The lowest BCUT2D eigenvalue weighted by molar-refractivity contribution is -0.166. The molecule has 0 amide bonds. The summed E-state index contributed by atoms with van der Waals surface area (Å²) in [5.41, 5.74) is 0. The number of methoxy groups -OCH3 is 1. The summed E-state index contributed by atoms with van der Waals surface area (Å²) in [6.07, 6.45) is -2.43. The summed E-state index contributed by atoms with van der Waals surface area (Å²) in [5.74, 6) is -6.63. The second-order valence-electron chi connectivity index (χ2n) is 2.11. The van der Waals surface area contributed by atoms with Gasteiger partial charge < -0.3 is 17.7 Å². The molecule has 0 bridgehead atoms. The molecular formula is C4H5BF5O2-. The Hall–Kier alpha value is -0.815. The molecular weight excluding hydrogens is 186 g/mol. The van der Waals surface area contributed by atoms with Gasteiger partial charge in [-0.3, -0.25) is 0 Å². The van der Waals surface area contributed by atoms with E-state index in [1.165, 1.54) is 0 Å². The molecule has 0 aliphatic carbocycles. The third-order valence-corrected chi connectivity index (χ3v) is 0.972. The van der Waals surface area contributed by atoms with Gasteiger partial charge >= 0.3 is 18.9 Å². The van der Waals surface area contributed by atoms with Gasteiger partial charge in [-0.1, -0.05) is 0 Å². The zero-order valence-corrected chi connectivity index (χ0v) is 5.99. The van der Waals surface area contributed by atoms with Crippen molar-refractivity contribution in [1.29, 1.82) is 0 Å². The van der Waals surface area contributed by atoms with Crippen LogP contribution in [0.15, 0.2) is 0 Å². The Morgan fingerprint density at radius 1 is 1.42 bits per heavy atom. The first kappa shape index (κ1) is 11.2. The summed E-state index contributed by atoms with van der Waals surface area (Å²) in [7, 11) is 0.597. The lowest BCUT2D eigenvalue weighted by Crippen LogP contribution is -2.36. The summed E-state index contributed by atoms with van der Waals surface area (Å²) in [4.78, 5) is 10.0. The maximum Gasteiger partial charge on any atom is 0.484 e. The highest BCUT2D eigenvalue weighted by atomic mass is 19.4. The Kier molecular flexibility index (Phi) is 3.06. The Labute approximate surface area is 64.7 Å². The van der Waals surface area contributed by atoms with Gasteiger partial charge in [0, 0.05) is 0 Å². The first-order valence-electron chi connectivity index (χ1n) is 2.86. The molecule has 0 heterocycles. The first-order chi connectivity index (χ1) is 5.19. The number of alkyl halides is 2. The second-order valence-corrected chi connectivity index (χ2v) is 2.11. The van der Waals surface area contributed by atoms with Crippen LogP contribution in [-0.4, -0.2) is 26.0 Å². The molecule has 0 aliphatic heterocycles. The number of rotatable bonds is 3. The van der Waals surface area contributed by atoms with E-state index in [1.807, 2.05) is 0 Å². The molecule has 0 aliphatic rings. The molecule has 0 spiro atoms. The molecule has 0 N–H and O–H groups in total. The topological polar surface area (TPSA) is 26.3 Å². The van der Waals surface area contributed by atoms with Crippen molar-refractivity contribution in [3.8, 4) is 0 Å². The van der Waals surface area contributed by atoms with E-state index >= 15 is 0 Å². The first-order valence-corrected chi connectivity index (χ1v) is 2.86. The standard InChI is InChI=1S/C4H5BF5O2/c1-12-3(11)4(6,7)2-5(8,9)10/h2H2,1H3/q-1. The Balaban J connectivity index is 4.32. The molecule has 0 saturated heterocycles. The van der Waals surface area contributed by atoms with Gasteiger partial charge in [-0.15, -0.1) is 0 Å². The minimum absolute atomic E-state index is 0.597. The van der Waals surface area contributed by atoms with E-state index < -0.39 is 25.2 Å². The normalized spacial score (nSPS) is 12.8. The molecule has 0 aromatic carbocycles. The molecule has 0 saturated carbocycles. The second kappa shape index (κ2) is 3.28. The fraction of sp³-hybridized carbons (Fsp3) is 0.750. The highest BCUT2D eigenvalue weighted by Gasteiger charge is 2.46. The zero-order valence-electron chi connectivity index (χ0n) is 5.99. The number of hydrogen-bond acceptors (Lipinski definition) is 2. The van der Waals surface area contributed by atoms with E-state index in [9.17, 15) is 26.5 Å². The third-order valence-electron chi connectivity index (χ3n) is 0.972. The number of carbonyl (C=O) groups excluding carboxylic acids is 1. The van der Waals surface area contributed by atoms with Crippen molar-refractivity contribution in [1.82, 2.24) is 0 Å². The van der Waals surface area contributed by atoms with Crippen LogP contribution in [0.3, 0.4) is 0 Å². The smallest absolute Gasteiger partial charge is 0.465 e. The van der Waals surface area contributed by atoms with Crippen LogP contribution < -0.4 is 0 Å². The average Bonchev–Trinajstić information content (AvgIpc) is 1.80. The van der Waals surface area contributed by atoms with E-state index in [1.54, 1.807) is 0 Å². The SMILES string of the molecule is COC(=O)C(F)(F)C[B-](F)(F)F. The highest BCUT2D eigenvalue weighted by Crippen LogP contribution is 2.29. The van der Waals surface area contributed by atoms with Crippen molar-refractivity contribution >= 4 is 12.9 Å². The van der Waals surface area contributed by atoms with Gasteiger partial charge in [0.15, 0.2) is 0 Å². The molecule has 0 radical (unpaired) electrons. The lowest BCUT2D eigenvalue weighted by atomic mass is 9.82. The van der Waals surface area contributed by atoms with Gasteiger partial charge in [0.25, 0.3) is 0 Å². The number of halogens is 5. The molecule has 0 fully saturated rings. The van der Waals surface area contributed by atoms with Gasteiger partial charge in [0.1, 0.15) is 0 Å². The van der Waals surface area contributed by atoms with Crippen LogP contribution in [0, 0.1) is 0 Å². The van der Waals surface area contributed by atoms with Crippen LogP contribution in [0.5, 0.6) is 0 Å². The summed E-state index contributed by atoms with van der Waals surface area (Å²) >= 11 is 0. The molecule has 72 valence electrons. The minimum atomic E-state index is -5.69. The predicted molar refractivity (Wildman–Crippen MR) is 30.8 cm³/mol. The number of esters is 1. The van der Waals surface area contributed by atoms with Crippen LogP contribution in [-0.2, 0) is 9.53 Å². The Morgan fingerprint density at radius 3 is 2.08 bits per heavy atom. The maximum atomic E-state index is 12.1. The van der Waals surface area contributed by atoms with Crippen LogP contribution in [0.1, 0.15) is 0 Å². The summed E-state index contributed by atoms with van der Waals surface area (Å²) in [6, 6.07) is 0. The fourth-order valence-corrected chi connectivity index (χ4v) is 0.523. The van der Waals surface area contributed by atoms with E-state index in [2.05, 4.69) is 4.74 Å². The molecule has 0 rings (SSSR count). The molecule has 2 nitrogen and oxygen atoms in total. The van der Waals surface area contributed by atoms with Crippen LogP contribution in [0.4, 0.5) is 21.7 Å². The number of ether oxygens (including phenoxy) is 1. The molecule has 12 heavy (non-hydrogen) atoms. The van der Waals surface area contributed by atoms with Crippen molar-refractivity contribution in [3.05, 3.63) is 0 Å². The van der Waals surface area contributed by atoms with Crippen LogP contribution in [0.2, 0.25) is 6.32 Å². The molecule has 0 aromatic rings. The van der Waals surface area contributed by atoms with Gasteiger partial charge in [-0.25, -0.2) is 4.79 Å². The van der Waals surface area contributed by atoms with Crippen molar-refractivity contribution in [2.24, 2.45) is 0 Å². The minimum Gasteiger partial charge on any atom is -0.465 e. The monoisotopic (exact) mass is 191 g/mol. The lowest BCUT2D eigenvalue weighted by Gasteiger charge is -2.20. The number of hydrogen-bond donors (Lipinski definition) is 0. The van der Waals surface area contributed by atoms with E-state index in [0.29, 0.717) is 7.11 Å². The molecule has 0 atom stereocenters. The predicted octanol–water partition coefficient (Wildman–Crippen LogP) is 1.64. The Morgan fingerprint density at radius 2 is 1.83 bits per heavy atom. The van der Waals surface area contributed by atoms with Crippen molar-refractivity contribution in [3.63, 3.8) is 0 Å². The van der Waals surface area contributed by atoms with Gasteiger partial charge in [-0.05, 0) is 6.32 Å². The van der Waals surface area contributed by atoms with Gasteiger partial charge in [-0.2, -0.15) is 8.78 Å². The Bertz CT molecular complexity index is 177. The highest BCUT2D eigenvalue weighted by molar-refractivity contribution is 6.59. The number of carbonyl (C=O) groups is 1. The van der Waals surface area contributed by atoms with Crippen LogP contribution in [0.25, 0.3) is 0 Å². The maximum absolute atomic E-state index is 12.1. The third kappa shape index (κ3) is 3.54. The summed E-state index contributed by atoms with van der Waals surface area (Å²) in [6.45, 7) is -5.69. The summed E-state index contributed by atoms with van der Waals surface area (Å²) < 4.78 is 62.0.